The first kappa shape index (κ1) is 31.3. The first-order chi connectivity index (χ1) is 21.3. The molecule has 1 fully saturated rings. The smallest absolute Gasteiger partial charge is 0.247 e. The van der Waals surface area contributed by atoms with Crippen LogP contribution in [0.4, 0.5) is 0 Å². The number of methoxy groups -OCH3 is 3. The molecule has 3 N–H and O–H groups in total. The van der Waals surface area contributed by atoms with E-state index in [-0.39, 0.29) is 37.1 Å². The van der Waals surface area contributed by atoms with Crippen LogP contribution in [0.5, 0.6) is 23.0 Å². The Morgan fingerprint density at radius 1 is 1.07 bits per heavy atom. The zero-order valence-electron chi connectivity index (χ0n) is 25.3. The molecule has 0 unspecified atom stereocenters. The van der Waals surface area contributed by atoms with E-state index >= 15 is 0 Å². The van der Waals surface area contributed by atoms with E-state index in [0.29, 0.717) is 46.8 Å². The highest BCUT2D eigenvalue weighted by atomic mass is 16.5. The van der Waals surface area contributed by atoms with Gasteiger partial charge in [0.05, 0.1) is 39.9 Å². The minimum Gasteiger partial charge on any atom is -0.497 e. The van der Waals surface area contributed by atoms with Gasteiger partial charge < -0.3 is 39.4 Å². The van der Waals surface area contributed by atoms with E-state index in [1.165, 1.54) is 7.11 Å². The first-order valence-electron chi connectivity index (χ1n) is 15.0. The Labute approximate surface area is 256 Å². The van der Waals surface area contributed by atoms with E-state index in [4.69, 9.17) is 18.9 Å². The number of carbonyl (C=O) groups excluding carboxylic acids is 3. The summed E-state index contributed by atoms with van der Waals surface area (Å²) >= 11 is 0. The number of nitrogens with one attached hydrogen (secondary N) is 1. The molecule has 3 aliphatic rings. The van der Waals surface area contributed by atoms with E-state index in [0.717, 1.165) is 31.2 Å². The number of ether oxygens (including phenoxy) is 4. The number of benzene rings is 2. The fourth-order valence-corrected chi connectivity index (χ4v) is 6.69. The summed E-state index contributed by atoms with van der Waals surface area (Å²) < 4.78 is 22.8. The van der Waals surface area contributed by atoms with E-state index in [2.05, 4.69) is 5.32 Å². The number of rotatable bonds is 12. The van der Waals surface area contributed by atoms with Crippen molar-refractivity contribution >= 4 is 18.1 Å². The summed E-state index contributed by atoms with van der Waals surface area (Å²) in [5.74, 6) is 0.476. The van der Waals surface area contributed by atoms with Crippen molar-refractivity contribution in [3.8, 4) is 23.0 Å². The van der Waals surface area contributed by atoms with Gasteiger partial charge in [-0.15, -0.1) is 0 Å². The Balaban J connectivity index is 1.57. The molecule has 5 rings (SSSR count). The number of carbonyl (C=O) groups is 3. The van der Waals surface area contributed by atoms with Gasteiger partial charge in [0.1, 0.15) is 30.0 Å². The van der Waals surface area contributed by atoms with Gasteiger partial charge in [-0.3, -0.25) is 14.4 Å². The van der Waals surface area contributed by atoms with E-state index in [1.54, 1.807) is 43.4 Å². The van der Waals surface area contributed by atoms with Crippen LogP contribution in [-0.2, 0) is 16.0 Å². The van der Waals surface area contributed by atoms with Crippen LogP contribution in [0.15, 0.2) is 42.0 Å². The third-order valence-corrected chi connectivity index (χ3v) is 8.87. The summed E-state index contributed by atoms with van der Waals surface area (Å²) in [5.41, 5.74) is 1.99. The maximum Gasteiger partial charge on any atom is 0.247 e. The lowest BCUT2D eigenvalue weighted by molar-refractivity contribution is -0.141. The standard InChI is InChI=1S/C33H40N2O9/c1-41-22-8-9-26(42-2)21(16-22)10-12-35(33(40)20-6-4-5-7-20)25-17-24(32(39)34-11-13-36)28-23-14-19(18-37)15-27(43-3)30(23)44-31(28)29(25)38/h8-9,14-18,20,25,28-29,31,36,38H,4-7,10-13H2,1-3H3,(H,34,39)/t25-,28+,29+,31+/m1/s1. The maximum absolute atomic E-state index is 14.1. The molecule has 1 aliphatic heterocycles. The molecule has 2 amide bonds. The van der Waals surface area contributed by atoms with Crippen LogP contribution in [0.3, 0.4) is 0 Å². The van der Waals surface area contributed by atoms with Crippen LogP contribution in [0.2, 0.25) is 0 Å². The fraction of sp³-hybridized carbons (Fsp3) is 0.485. The minimum absolute atomic E-state index is 0.0204. The number of hydrogen-bond donors (Lipinski definition) is 3. The van der Waals surface area contributed by atoms with Crippen molar-refractivity contribution in [3.63, 3.8) is 0 Å². The molecule has 236 valence electrons. The zero-order valence-corrected chi connectivity index (χ0v) is 25.3. The van der Waals surface area contributed by atoms with Gasteiger partial charge in [0, 0.05) is 35.7 Å². The molecule has 0 radical (unpaired) electrons. The molecule has 4 atom stereocenters. The lowest BCUT2D eigenvalue weighted by Gasteiger charge is -2.41. The maximum atomic E-state index is 14.1. The number of amides is 2. The van der Waals surface area contributed by atoms with Gasteiger partial charge in [0.2, 0.25) is 11.8 Å². The van der Waals surface area contributed by atoms with Crippen molar-refractivity contribution in [1.29, 1.82) is 0 Å². The van der Waals surface area contributed by atoms with E-state index < -0.39 is 30.1 Å². The van der Waals surface area contributed by atoms with Gasteiger partial charge in [-0.1, -0.05) is 12.8 Å². The van der Waals surface area contributed by atoms with Crippen molar-refractivity contribution in [2.24, 2.45) is 5.92 Å². The number of fused-ring (bicyclic) bond motifs is 3. The number of aliphatic hydroxyl groups excluding tert-OH is 2. The molecule has 2 aromatic carbocycles. The SMILES string of the molecule is COc1ccc(OC)c(CCN(C(=O)C2CCCC2)[C@@H]2C=C(C(=O)NCCO)[C@@H]3c4cc(C=O)cc(OC)c4O[C@@H]3[C@H]2O)c1. The number of hydrogen-bond acceptors (Lipinski definition) is 9. The predicted molar refractivity (Wildman–Crippen MR) is 160 cm³/mol. The Morgan fingerprint density at radius 2 is 1.82 bits per heavy atom. The van der Waals surface area contributed by atoms with Crippen molar-refractivity contribution in [3.05, 3.63) is 58.7 Å². The molecule has 44 heavy (non-hydrogen) atoms. The highest BCUT2D eigenvalue weighted by Gasteiger charge is 2.52. The molecule has 0 spiro atoms. The summed E-state index contributed by atoms with van der Waals surface area (Å²) in [5, 5.41) is 24.1. The molecule has 11 nitrogen and oxygen atoms in total. The quantitative estimate of drug-likeness (QED) is 0.310. The van der Waals surface area contributed by atoms with Gasteiger partial charge in [0.15, 0.2) is 11.5 Å². The van der Waals surface area contributed by atoms with Crippen LogP contribution in [0.1, 0.15) is 53.1 Å². The highest BCUT2D eigenvalue weighted by Crippen LogP contribution is 2.51. The zero-order chi connectivity index (χ0) is 31.4. The normalized spacial score (nSPS) is 22.2. The van der Waals surface area contributed by atoms with Crippen molar-refractivity contribution in [2.45, 2.75) is 56.3 Å². The van der Waals surface area contributed by atoms with Crippen molar-refractivity contribution < 1.29 is 43.5 Å². The Bertz CT molecular complexity index is 1420. The van der Waals surface area contributed by atoms with Crippen LogP contribution < -0.4 is 24.3 Å². The molecule has 1 heterocycles. The largest absolute Gasteiger partial charge is 0.497 e. The topological polar surface area (TPSA) is 144 Å². The first-order valence-corrected chi connectivity index (χ1v) is 15.0. The molecular weight excluding hydrogens is 568 g/mol. The predicted octanol–water partition coefficient (Wildman–Crippen LogP) is 2.41. The Kier molecular flexibility index (Phi) is 9.75. The second-order valence-corrected chi connectivity index (χ2v) is 11.3. The average molecular weight is 609 g/mol. The number of nitrogens with zero attached hydrogens (tertiary/aromatic N) is 1. The molecule has 0 saturated heterocycles. The summed E-state index contributed by atoms with van der Waals surface area (Å²) in [6, 6.07) is 7.76. The summed E-state index contributed by atoms with van der Waals surface area (Å²) in [7, 11) is 4.61. The monoisotopic (exact) mass is 608 g/mol. The van der Waals surface area contributed by atoms with Gasteiger partial charge in [-0.2, -0.15) is 0 Å². The third kappa shape index (κ3) is 5.98. The highest BCUT2D eigenvalue weighted by molar-refractivity contribution is 5.96. The van der Waals surface area contributed by atoms with Gasteiger partial charge >= 0.3 is 0 Å². The second kappa shape index (κ2) is 13.7. The van der Waals surface area contributed by atoms with Crippen LogP contribution in [-0.4, -0.2) is 92.5 Å². The molecule has 11 heteroatoms. The Morgan fingerprint density at radius 3 is 2.48 bits per heavy atom. The molecule has 1 saturated carbocycles. The summed E-state index contributed by atoms with van der Waals surface area (Å²) in [4.78, 5) is 41.1. The minimum atomic E-state index is -1.20. The fourth-order valence-electron chi connectivity index (χ4n) is 6.69. The second-order valence-electron chi connectivity index (χ2n) is 11.3. The molecule has 0 bridgehead atoms. The molecular formula is C33H40N2O9. The van der Waals surface area contributed by atoms with E-state index in [9.17, 15) is 24.6 Å². The third-order valence-electron chi connectivity index (χ3n) is 8.87. The van der Waals surface area contributed by atoms with Crippen molar-refractivity contribution in [2.75, 3.05) is 41.0 Å². The lowest BCUT2D eigenvalue weighted by atomic mass is 9.77. The van der Waals surface area contributed by atoms with Crippen molar-refractivity contribution in [1.82, 2.24) is 10.2 Å². The lowest BCUT2D eigenvalue weighted by Crippen LogP contribution is -2.57. The van der Waals surface area contributed by atoms with Crippen LogP contribution >= 0.6 is 0 Å². The van der Waals surface area contributed by atoms with Crippen LogP contribution in [0.25, 0.3) is 0 Å². The average Bonchev–Trinajstić information content (AvgIpc) is 3.73. The number of aldehydes is 1. The Hall–Kier alpha value is -4.09. The summed E-state index contributed by atoms with van der Waals surface area (Å²) in [6.07, 6.45) is 4.02. The number of aliphatic hydroxyl groups is 2. The van der Waals surface area contributed by atoms with Crippen LogP contribution in [0, 0.1) is 5.92 Å². The molecule has 2 aromatic rings. The summed E-state index contributed by atoms with van der Waals surface area (Å²) in [6.45, 7) is 0.00213. The van der Waals surface area contributed by atoms with Gasteiger partial charge in [0.25, 0.3) is 0 Å². The van der Waals surface area contributed by atoms with Gasteiger partial charge in [-0.05, 0) is 61.2 Å². The molecule has 2 aliphatic carbocycles. The van der Waals surface area contributed by atoms with Gasteiger partial charge in [-0.25, -0.2) is 0 Å². The molecule has 0 aromatic heterocycles. The van der Waals surface area contributed by atoms with E-state index in [1.807, 2.05) is 12.1 Å².